The first kappa shape index (κ1) is 20.5. The molecule has 1 aliphatic carbocycles. The van der Waals surface area contributed by atoms with Gasteiger partial charge in [-0.1, -0.05) is 53.5 Å². The van der Waals surface area contributed by atoms with Gasteiger partial charge in [-0.2, -0.15) is 4.57 Å². The summed E-state index contributed by atoms with van der Waals surface area (Å²) in [5.74, 6) is -0.510. The highest BCUT2D eigenvalue weighted by Gasteiger charge is 2.38. The zero-order chi connectivity index (χ0) is 19.0. The molecule has 0 unspecified atom stereocenters. The molecule has 0 saturated heterocycles. The van der Waals surface area contributed by atoms with Crippen LogP contribution in [0.2, 0.25) is 10.0 Å². The minimum Gasteiger partial charge on any atom is -1.00 e. The van der Waals surface area contributed by atoms with Crippen LogP contribution in [0, 0.1) is 0 Å². The van der Waals surface area contributed by atoms with Gasteiger partial charge in [0.15, 0.2) is 18.1 Å². The summed E-state index contributed by atoms with van der Waals surface area (Å²) in [5, 5.41) is 3.90. The molecule has 0 radical (unpaired) electrons. The van der Waals surface area contributed by atoms with E-state index in [1.54, 1.807) is 71.6 Å². The van der Waals surface area contributed by atoms with Crippen molar-refractivity contribution in [3.63, 3.8) is 0 Å². The van der Waals surface area contributed by atoms with E-state index in [4.69, 9.17) is 23.2 Å². The molecule has 0 atom stereocenters. The molecule has 1 N–H and O–H groups in total. The van der Waals surface area contributed by atoms with Crippen molar-refractivity contribution in [2.24, 2.45) is 0 Å². The molecule has 4 nitrogen and oxygen atoms in total. The lowest BCUT2D eigenvalue weighted by Gasteiger charge is -2.18. The molecule has 4 rings (SSSR count). The summed E-state index contributed by atoms with van der Waals surface area (Å²) in [6, 6.07) is 17.1. The summed E-state index contributed by atoms with van der Waals surface area (Å²) >= 11 is 12.1. The minimum absolute atomic E-state index is 0. The molecule has 0 spiro atoms. The molecule has 0 fully saturated rings. The van der Waals surface area contributed by atoms with Gasteiger partial charge in [-0.15, -0.1) is 0 Å². The number of nitrogens with zero attached hydrogens (tertiary/aromatic N) is 1. The second kappa shape index (κ2) is 8.43. The number of rotatable bonds is 3. The van der Waals surface area contributed by atoms with Crippen LogP contribution in [0.15, 0.2) is 78.8 Å². The molecule has 28 heavy (non-hydrogen) atoms. The number of hydrogen-bond acceptors (Lipinski definition) is 3. The van der Waals surface area contributed by atoms with Crippen LogP contribution in [0.25, 0.3) is 5.70 Å². The maximum Gasteiger partial charge on any atom is 0.286 e. The fourth-order valence-electron chi connectivity index (χ4n) is 3.04. The van der Waals surface area contributed by atoms with Gasteiger partial charge in [-0.3, -0.25) is 9.59 Å². The van der Waals surface area contributed by atoms with Crippen LogP contribution in [-0.4, -0.2) is 11.6 Å². The van der Waals surface area contributed by atoms with Gasteiger partial charge in [0.2, 0.25) is 5.78 Å². The predicted molar refractivity (Wildman–Crippen MR) is 105 cm³/mol. The number of anilines is 1. The summed E-state index contributed by atoms with van der Waals surface area (Å²) in [4.78, 5) is 26.3. The predicted octanol–water partition coefficient (Wildman–Crippen LogP) is 1.64. The average molecular weight is 523 g/mol. The van der Waals surface area contributed by atoms with Crippen molar-refractivity contribution in [1.82, 2.24) is 0 Å². The van der Waals surface area contributed by atoms with Gasteiger partial charge in [0.05, 0.1) is 0 Å². The van der Waals surface area contributed by atoms with Gasteiger partial charge in [-0.05, 0) is 18.2 Å². The van der Waals surface area contributed by atoms with Gasteiger partial charge in [-0.25, -0.2) is 0 Å². The van der Waals surface area contributed by atoms with Gasteiger partial charge in [0.1, 0.15) is 0 Å². The van der Waals surface area contributed by atoms with E-state index in [1.807, 2.05) is 6.07 Å². The number of hydrogen-bond donors (Lipinski definition) is 1. The number of aromatic nitrogens is 1. The molecule has 0 bridgehead atoms. The number of halogens is 3. The monoisotopic (exact) mass is 522 g/mol. The number of carbonyl (C=O) groups is 2. The largest absolute Gasteiger partial charge is 1.00 e. The zero-order valence-corrected chi connectivity index (χ0v) is 18.0. The number of ketones is 2. The van der Waals surface area contributed by atoms with Crippen LogP contribution in [0.3, 0.4) is 0 Å². The number of pyridine rings is 1. The van der Waals surface area contributed by atoms with Crippen LogP contribution < -0.4 is 33.9 Å². The Bertz CT molecular complexity index is 1090. The quantitative estimate of drug-likeness (QED) is 0.420. The highest BCUT2D eigenvalue weighted by Crippen LogP contribution is 2.29. The lowest BCUT2D eigenvalue weighted by Crippen LogP contribution is -3.00. The first-order valence-corrected chi connectivity index (χ1v) is 8.92. The van der Waals surface area contributed by atoms with E-state index in [2.05, 4.69) is 5.32 Å². The lowest BCUT2D eigenvalue weighted by molar-refractivity contribution is -0.577. The molecule has 0 amide bonds. The van der Waals surface area contributed by atoms with Gasteiger partial charge < -0.3 is 29.3 Å². The van der Waals surface area contributed by atoms with Crippen LogP contribution in [0.4, 0.5) is 5.69 Å². The molecular formula is C21H13Cl2IN2O2. The van der Waals surface area contributed by atoms with E-state index in [1.165, 1.54) is 0 Å². The van der Waals surface area contributed by atoms with E-state index >= 15 is 0 Å². The Morgan fingerprint density at radius 3 is 1.93 bits per heavy atom. The van der Waals surface area contributed by atoms with E-state index < -0.39 is 0 Å². The first-order chi connectivity index (χ1) is 13.0. The Morgan fingerprint density at radius 2 is 1.32 bits per heavy atom. The molecule has 1 aliphatic rings. The third-order valence-corrected chi connectivity index (χ3v) is 4.64. The Morgan fingerprint density at radius 1 is 0.750 bits per heavy atom. The lowest BCUT2D eigenvalue weighted by atomic mass is 9.90. The van der Waals surface area contributed by atoms with Crippen molar-refractivity contribution < 1.29 is 38.1 Å². The molecule has 3 aromatic rings. The number of nitrogens with one attached hydrogen (secondary N) is 1. The minimum atomic E-state index is -0.271. The van der Waals surface area contributed by atoms with Gasteiger partial charge in [0, 0.05) is 39.0 Å². The molecule has 1 heterocycles. The number of carbonyl (C=O) groups excluding carboxylic acids is 2. The fourth-order valence-corrected chi connectivity index (χ4v) is 3.57. The van der Waals surface area contributed by atoms with E-state index in [-0.39, 0.29) is 46.9 Å². The summed E-state index contributed by atoms with van der Waals surface area (Å²) in [7, 11) is 0. The van der Waals surface area contributed by atoms with Gasteiger partial charge >= 0.3 is 0 Å². The fraction of sp³-hybridized carbons (Fsp3) is 0. The third kappa shape index (κ3) is 3.83. The average Bonchev–Trinajstić information content (AvgIpc) is 2.66. The Hall–Kier alpha value is -2.22. The van der Waals surface area contributed by atoms with Crippen molar-refractivity contribution in [2.75, 3.05) is 5.32 Å². The number of Topliss-reactive ketones (excluding diaryl/α,β-unsaturated/α-hetero) is 2. The van der Waals surface area contributed by atoms with E-state index in [0.29, 0.717) is 26.9 Å². The zero-order valence-electron chi connectivity index (χ0n) is 14.3. The SMILES string of the molecule is O=C1C(Nc2cc(Cl)cc(Cl)c2)=C([n+]2ccccc2)C(=O)c2ccccc21.[I-]. The summed E-state index contributed by atoms with van der Waals surface area (Å²) in [5.41, 5.74) is 1.68. The van der Waals surface area contributed by atoms with Crippen LogP contribution in [0.1, 0.15) is 20.7 Å². The number of fused-ring (bicyclic) bond motifs is 1. The molecule has 2 aromatic carbocycles. The van der Waals surface area contributed by atoms with Gasteiger partial charge in [0.25, 0.3) is 11.5 Å². The van der Waals surface area contributed by atoms with Crippen molar-refractivity contribution in [2.45, 2.75) is 0 Å². The highest BCUT2D eigenvalue weighted by molar-refractivity contribution is 6.37. The highest BCUT2D eigenvalue weighted by atomic mass is 127. The van der Waals surface area contributed by atoms with Crippen LogP contribution in [-0.2, 0) is 0 Å². The van der Waals surface area contributed by atoms with E-state index in [0.717, 1.165) is 0 Å². The van der Waals surface area contributed by atoms with E-state index in [9.17, 15) is 9.59 Å². The second-order valence-corrected chi connectivity index (χ2v) is 6.87. The number of allylic oxidation sites excluding steroid dienone is 2. The van der Waals surface area contributed by atoms with Crippen molar-refractivity contribution >= 4 is 46.2 Å². The normalized spacial score (nSPS) is 13.1. The summed E-state index contributed by atoms with van der Waals surface area (Å²) < 4.78 is 1.63. The molecule has 7 heteroatoms. The second-order valence-electron chi connectivity index (χ2n) is 5.99. The van der Waals surface area contributed by atoms with Crippen molar-refractivity contribution in [3.05, 3.63) is 99.9 Å². The van der Waals surface area contributed by atoms with Crippen LogP contribution >= 0.6 is 23.2 Å². The third-order valence-electron chi connectivity index (χ3n) is 4.20. The summed E-state index contributed by atoms with van der Waals surface area (Å²) in [6.45, 7) is 0. The molecule has 140 valence electrons. The molecule has 0 saturated carbocycles. The van der Waals surface area contributed by atoms with Crippen molar-refractivity contribution in [3.8, 4) is 0 Å². The number of benzene rings is 2. The first-order valence-electron chi connectivity index (χ1n) is 8.17. The maximum atomic E-state index is 13.2. The Balaban J connectivity index is 0.00000225. The Labute approximate surface area is 188 Å². The maximum absolute atomic E-state index is 13.2. The molecule has 1 aromatic heterocycles. The molecule has 0 aliphatic heterocycles. The smallest absolute Gasteiger partial charge is 0.286 e. The Kier molecular flexibility index (Phi) is 6.17. The topological polar surface area (TPSA) is 50.1 Å². The standard InChI is InChI=1S/C21H12Cl2N2O2.HI/c22-13-10-14(23)12-15(11-13)24-18-19(25-8-4-1-5-9-25)21(27)17-7-3-2-6-16(17)20(18)26;/h1-12H;1H. The molecular weight excluding hydrogens is 510 g/mol. The van der Waals surface area contributed by atoms with Crippen molar-refractivity contribution in [1.29, 1.82) is 0 Å². The van der Waals surface area contributed by atoms with Crippen LogP contribution in [0.5, 0.6) is 0 Å². The summed E-state index contributed by atoms with van der Waals surface area (Å²) in [6.07, 6.45) is 3.45.